The van der Waals surface area contributed by atoms with E-state index in [2.05, 4.69) is 4.72 Å². The molecule has 1 aromatic carbocycles. The quantitative estimate of drug-likeness (QED) is 0.821. The van der Waals surface area contributed by atoms with Crippen LogP contribution in [-0.4, -0.2) is 27.7 Å². The minimum absolute atomic E-state index is 0.0712. The fourth-order valence-corrected chi connectivity index (χ4v) is 4.00. The molecule has 3 N–H and O–H groups in total. The van der Waals surface area contributed by atoms with E-state index < -0.39 is 10.0 Å². The summed E-state index contributed by atoms with van der Waals surface area (Å²) in [6, 6.07) is 3.40. The van der Waals surface area contributed by atoms with Crippen LogP contribution in [0.1, 0.15) is 24.0 Å². The van der Waals surface area contributed by atoms with Crippen LogP contribution in [-0.2, 0) is 14.8 Å². The summed E-state index contributed by atoms with van der Waals surface area (Å²) < 4.78 is 32.9. The Morgan fingerprint density at radius 3 is 2.53 bits per heavy atom. The molecule has 106 valence electrons. The maximum Gasteiger partial charge on any atom is 0.243 e. The molecule has 1 aliphatic rings. The van der Waals surface area contributed by atoms with Crippen LogP contribution >= 0.6 is 0 Å². The third-order valence-corrected chi connectivity index (χ3v) is 5.24. The van der Waals surface area contributed by atoms with Gasteiger partial charge in [-0.15, -0.1) is 0 Å². The number of aryl methyl sites for hydroxylation is 1. The summed E-state index contributed by atoms with van der Waals surface area (Å²) >= 11 is 0. The van der Waals surface area contributed by atoms with Crippen LogP contribution in [0.3, 0.4) is 0 Å². The molecular weight excluding hydrogens is 264 g/mol. The first-order valence-corrected chi connectivity index (χ1v) is 7.86. The molecule has 0 saturated carbocycles. The smallest absolute Gasteiger partial charge is 0.243 e. The second kappa shape index (κ2) is 5.48. The summed E-state index contributed by atoms with van der Waals surface area (Å²) in [7, 11) is -3.57. The van der Waals surface area contributed by atoms with Gasteiger partial charge in [0.05, 0.1) is 5.69 Å². The van der Waals surface area contributed by atoms with Crippen LogP contribution in [0.5, 0.6) is 0 Å². The Kier molecular flexibility index (Phi) is 4.13. The van der Waals surface area contributed by atoms with Crippen molar-refractivity contribution in [2.45, 2.75) is 37.6 Å². The number of anilines is 1. The predicted molar refractivity (Wildman–Crippen MR) is 74.5 cm³/mol. The zero-order valence-electron chi connectivity index (χ0n) is 11.3. The van der Waals surface area contributed by atoms with E-state index in [4.69, 9.17) is 10.5 Å². The monoisotopic (exact) mass is 284 g/mol. The lowest BCUT2D eigenvalue weighted by Gasteiger charge is -2.24. The maximum absolute atomic E-state index is 12.5. The second-order valence-electron chi connectivity index (χ2n) is 4.93. The molecule has 0 aliphatic carbocycles. The Morgan fingerprint density at radius 1 is 1.26 bits per heavy atom. The van der Waals surface area contributed by atoms with E-state index in [1.165, 1.54) is 0 Å². The zero-order chi connectivity index (χ0) is 14.0. The Hall–Kier alpha value is -1.11. The van der Waals surface area contributed by atoms with E-state index in [0.717, 1.165) is 5.56 Å². The molecule has 6 heteroatoms. The number of sulfonamides is 1. The summed E-state index contributed by atoms with van der Waals surface area (Å²) in [5.41, 5.74) is 7.76. The summed E-state index contributed by atoms with van der Waals surface area (Å²) in [5.74, 6) is 0. The lowest BCUT2D eigenvalue weighted by Crippen LogP contribution is -2.39. The molecule has 0 bridgehead atoms. The van der Waals surface area contributed by atoms with Crippen LogP contribution in [0.15, 0.2) is 17.0 Å². The normalized spacial score (nSPS) is 17.6. The molecule has 1 aromatic rings. The zero-order valence-corrected chi connectivity index (χ0v) is 12.1. The van der Waals surface area contributed by atoms with E-state index in [1.807, 2.05) is 13.0 Å². The van der Waals surface area contributed by atoms with Gasteiger partial charge in [-0.25, -0.2) is 13.1 Å². The number of hydrogen-bond donors (Lipinski definition) is 2. The van der Waals surface area contributed by atoms with Crippen molar-refractivity contribution in [3.63, 3.8) is 0 Å². The highest BCUT2D eigenvalue weighted by atomic mass is 32.2. The molecule has 1 saturated heterocycles. The SMILES string of the molecule is Cc1ccc(N)c(S(=O)(=O)NC2CCOCC2)c1C. The summed E-state index contributed by atoms with van der Waals surface area (Å²) in [6.45, 7) is 4.84. The summed E-state index contributed by atoms with van der Waals surface area (Å²) in [4.78, 5) is 0.207. The highest BCUT2D eigenvalue weighted by molar-refractivity contribution is 7.89. The van der Waals surface area contributed by atoms with Gasteiger partial charge < -0.3 is 10.5 Å². The minimum atomic E-state index is -3.57. The van der Waals surface area contributed by atoms with Crippen LogP contribution in [0, 0.1) is 13.8 Å². The van der Waals surface area contributed by atoms with Gasteiger partial charge >= 0.3 is 0 Å². The third-order valence-electron chi connectivity index (χ3n) is 3.52. The number of nitrogens with one attached hydrogen (secondary N) is 1. The van der Waals surface area contributed by atoms with Crippen molar-refractivity contribution in [3.05, 3.63) is 23.3 Å². The number of nitrogen functional groups attached to an aromatic ring is 1. The number of rotatable bonds is 3. The average Bonchev–Trinajstić information content (AvgIpc) is 2.35. The summed E-state index contributed by atoms with van der Waals surface area (Å²) in [5, 5.41) is 0. The third kappa shape index (κ3) is 3.08. The van der Waals surface area contributed by atoms with Gasteiger partial charge in [0.1, 0.15) is 4.90 Å². The van der Waals surface area contributed by atoms with Crippen molar-refractivity contribution in [3.8, 4) is 0 Å². The Morgan fingerprint density at radius 2 is 1.89 bits per heavy atom. The Balaban J connectivity index is 2.31. The van der Waals surface area contributed by atoms with Gasteiger partial charge in [0.15, 0.2) is 0 Å². The fraction of sp³-hybridized carbons (Fsp3) is 0.538. The molecule has 0 atom stereocenters. The second-order valence-corrected chi connectivity index (χ2v) is 6.58. The maximum atomic E-state index is 12.5. The first-order chi connectivity index (χ1) is 8.92. The largest absolute Gasteiger partial charge is 0.398 e. The van der Waals surface area contributed by atoms with E-state index in [9.17, 15) is 8.42 Å². The minimum Gasteiger partial charge on any atom is -0.398 e. The van der Waals surface area contributed by atoms with Crippen molar-refractivity contribution >= 4 is 15.7 Å². The van der Waals surface area contributed by atoms with Crippen LogP contribution in [0.25, 0.3) is 0 Å². The van der Waals surface area contributed by atoms with Gasteiger partial charge in [-0.3, -0.25) is 0 Å². The average molecular weight is 284 g/mol. The van der Waals surface area contributed by atoms with E-state index >= 15 is 0 Å². The van der Waals surface area contributed by atoms with E-state index in [1.54, 1.807) is 13.0 Å². The first kappa shape index (κ1) is 14.3. The topological polar surface area (TPSA) is 81.4 Å². The van der Waals surface area contributed by atoms with Gasteiger partial charge in [0.2, 0.25) is 10.0 Å². The van der Waals surface area contributed by atoms with E-state index in [0.29, 0.717) is 37.3 Å². The van der Waals surface area contributed by atoms with E-state index in [-0.39, 0.29) is 10.9 Å². The van der Waals surface area contributed by atoms with Crippen molar-refractivity contribution in [1.82, 2.24) is 4.72 Å². The molecule has 0 radical (unpaired) electrons. The highest BCUT2D eigenvalue weighted by Gasteiger charge is 2.25. The van der Waals surface area contributed by atoms with Crippen molar-refractivity contribution in [2.75, 3.05) is 18.9 Å². The standard InChI is InChI=1S/C13H20N2O3S/c1-9-3-4-12(14)13(10(9)2)19(16,17)15-11-5-7-18-8-6-11/h3-4,11,15H,5-8,14H2,1-2H3. The molecule has 1 aliphatic heterocycles. The Labute approximate surface area is 114 Å². The molecule has 5 nitrogen and oxygen atoms in total. The van der Waals surface area contributed by atoms with Crippen molar-refractivity contribution in [1.29, 1.82) is 0 Å². The number of nitrogens with two attached hydrogens (primary N) is 1. The van der Waals surface area contributed by atoms with Gasteiger partial charge in [-0.05, 0) is 43.9 Å². The van der Waals surface area contributed by atoms with Crippen LogP contribution < -0.4 is 10.5 Å². The molecule has 0 amide bonds. The van der Waals surface area contributed by atoms with Gasteiger partial charge in [0, 0.05) is 19.3 Å². The molecule has 2 rings (SSSR count). The molecule has 19 heavy (non-hydrogen) atoms. The van der Waals surface area contributed by atoms with Crippen molar-refractivity contribution < 1.29 is 13.2 Å². The number of hydrogen-bond acceptors (Lipinski definition) is 4. The number of ether oxygens (including phenoxy) is 1. The molecular formula is C13H20N2O3S. The lowest BCUT2D eigenvalue weighted by molar-refractivity contribution is 0.0832. The first-order valence-electron chi connectivity index (χ1n) is 6.37. The molecule has 1 heterocycles. The highest BCUT2D eigenvalue weighted by Crippen LogP contribution is 2.26. The van der Waals surface area contributed by atoms with Gasteiger partial charge in [-0.2, -0.15) is 0 Å². The van der Waals surface area contributed by atoms with Crippen LogP contribution in [0.2, 0.25) is 0 Å². The van der Waals surface area contributed by atoms with Crippen molar-refractivity contribution in [2.24, 2.45) is 0 Å². The Bertz CT molecular complexity index is 563. The fourth-order valence-electron chi connectivity index (χ4n) is 2.26. The van der Waals surface area contributed by atoms with Crippen LogP contribution in [0.4, 0.5) is 5.69 Å². The predicted octanol–water partition coefficient (Wildman–Crippen LogP) is 1.34. The molecule has 0 unspecified atom stereocenters. The molecule has 1 fully saturated rings. The molecule has 0 spiro atoms. The van der Waals surface area contributed by atoms with Gasteiger partial charge in [-0.1, -0.05) is 6.07 Å². The molecule has 0 aromatic heterocycles. The summed E-state index contributed by atoms with van der Waals surface area (Å²) in [6.07, 6.45) is 1.40. The van der Waals surface area contributed by atoms with Gasteiger partial charge in [0.25, 0.3) is 0 Å². The lowest BCUT2D eigenvalue weighted by atomic mass is 10.1. The number of benzene rings is 1.